The van der Waals surface area contributed by atoms with E-state index in [1.54, 1.807) is 32.3 Å². The molecule has 98 valence electrons. The smallest absolute Gasteiger partial charge is 0.224 e. The molecule has 0 N–H and O–H groups in total. The normalized spacial score (nSPS) is 16.2. The second-order valence-corrected chi connectivity index (χ2v) is 4.46. The summed E-state index contributed by atoms with van der Waals surface area (Å²) in [5.41, 5.74) is 2.25. The molecule has 0 aliphatic heterocycles. The minimum atomic E-state index is -0.207. The SMILES string of the molecule is COC1=C(C)C(=O)C(C)=C(Cc2cccnc2)C1=O. The standard InChI is InChI=1S/C15H15NO3/c1-9-12(7-11-5-4-6-16-8-11)14(18)15(19-3)10(2)13(9)17/h4-6,8H,7H2,1-3H3. The fraction of sp³-hybridized carbons (Fsp3) is 0.267. The number of pyridine rings is 1. The van der Waals surface area contributed by atoms with Gasteiger partial charge in [-0.2, -0.15) is 0 Å². The number of methoxy groups -OCH3 is 1. The molecule has 1 heterocycles. The van der Waals surface area contributed by atoms with Crippen LogP contribution in [0.2, 0.25) is 0 Å². The second kappa shape index (κ2) is 5.18. The fourth-order valence-corrected chi connectivity index (χ4v) is 2.16. The molecule has 1 aliphatic rings. The van der Waals surface area contributed by atoms with Crippen LogP contribution in [0.1, 0.15) is 19.4 Å². The molecule has 0 aromatic carbocycles. The van der Waals surface area contributed by atoms with Crippen molar-refractivity contribution in [3.05, 3.63) is 52.6 Å². The van der Waals surface area contributed by atoms with E-state index in [1.165, 1.54) is 7.11 Å². The van der Waals surface area contributed by atoms with Gasteiger partial charge in [0.05, 0.1) is 7.11 Å². The molecular formula is C15H15NO3. The average Bonchev–Trinajstić information content (AvgIpc) is 2.43. The number of hydrogen-bond donors (Lipinski definition) is 0. The summed E-state index contributed by atoms with van der Waals surface area (Å²) in [6.07, 6.45) is 3.75. The van der Waals surface area contributed by atoms with E-state index in [0.29, 0.717) is 23.1 Å². The summed E-state index contributed by atoms with van der Waals surface area (Å²) < 4.78 is 5.06. The molecule has 2 rings (SSSR count). The van der Waals surface area contributed by atoms with Gasteiger partial charge >= 0.3 is 0 Å². The zero-order valence-electron chi connectivity index (χ0n) is 11.2. The van der Waals surface area contributed by atoms with Crippen LogP contribution in [-0.2, 0) is 20.7 Å². The zero-order valence-corrected chi connectivity index (χ0v) is 11.2. The van der Waals surface area contributed by atoms with Crippen molar-refractivity contribution in [1.82, 2.24) is 4.98 Å². The molecule has 1 aromatic rings. The summed E-state index contributed by atoms with van der Waals surface area (Å²) in [6, 6.07) is 3.68. The van der Waals surface area contributed by atoms with Gasteiger partial charge in [-0.15, -0.1) is 0 Å². The predicted octanol–water partition coefficient (Wildman–Crippen LogP) is 2.01. The lowest BCUT2D eigenvalue weighted by Crippen LogP contribution is -2.24. The summed E-state index contributed by atoms with van der Waals surface area (Å²) in [4.78, 5) is 28.4. The number of rotatable bonds is 3. The van der Waals surface area contributed by atoms with Crippen molar-refractivity contribution >= 4 is 11.6 Å². The van der Waals surface area contributed by atoms with Gasteiger partial charge in [-0.25, -0.2) is 0 Å². The van der Waals surface area contributed by atoms with Crippen molar-refractivity contribution in [2.75, 3.05) is 7.11 Å². The molecule has 0 saturated heterocycles. The van der Waals surface area contributed by atoms with E-state index in [9.17, 15) is 9.59 Å². The quantitative estimate of drug-likeness (QED) is 0.777. The van der Waals surface area contributed by atoms with E-state index >= 15 is 0 Å². The highest BCUT2D eigenvalue weighted by molar-refractivity contribution is 6.24. The Labute approximate surface area is 111 Å². The van der Waals surface area contributed by atoms with Crippen molar-refractivity contribution in [3.8, 4) is 0 Å². The van der Waals surface area contributed by atoms with E-state index in [0.717, 1.165) is 5.56 Å². The third-order valence-corrected chi connectivity index (χ3v) is 3.26. The third-order valence-electron chi connectivity index (χ3n) is 3.26. The molecule has 4 heteroatoms. The Morgan fingerprint density at radius 1 is 1.16 bits per heavy atom. The second-order valence-electron chi connectivity index (χ2n) is 4.46. The molecule has 4 nitrogen and oxygen atoms in total. The van der Waals surface area contributed by atoms with Crippen molar-refractivity contribution in [3.63, 3.8) is 0 Å². The molecule has 0 amide bonds. The molecular weight excluding hydrogens is 242 g/mol. The van der Waals surface area contributed by atoms with E-state index in [1.807, 2.05) is 6.07 Å². The van der Waals surface area contributed by atoms with Crippen LogP contribution in [0.15, 0.2) is 47.0 Å². The van der Waals surface area contributed by atoms with E-state index in [-0.39, 0.29) is 17.3 Å². The Balaban J connectivity index is 2.40. The molecule has 0 unspecified atom stereocenters. The molecule has 0 fully saturated rings. The van der Waals surface area contributed by atoms with Crippen LogP contribution in [0.25, 0.3) is 0 Å². The minimum absolute atomic E-state index is 0.129. The van der Waals surface area contributed by atoms with Crippen LogP contribution in [0, 0.1) is 0 Å². The summed E-state index contributed by atoms with van der Waals surface area (Å²) in [5.74, 6) is -0.189. The monoisotopic (exact) mass is 257 g/mol. The molecule has 19 heavy (non-hydrogen) atoms. The summed E-state index contributed by atoms with van der Waals surface area (Å²) in [7, 11) is 1.41. The zero-order chi connectivity index (χ0) is 14.0. The van der Waals surface area contributed by atoms with E-state index in [2.05, 4.69) is 4.98 Å². The molecule has 0 spiro atoms. The number of Topliss-reactive ketones (excluding diaryl/α,β-unsaturated/α-hetero) is 2. The van der Waals surface area contributed by atoms with Crippen LogP contribution >= 0.6 is 0 Å². The molecule has 1 aromatic heterocycles. The summed E-state index contributed by atoms with van der Waals surface area (Å²) in [6.45, 7) is 3.30. The van der Waals surface area contributed by atoms with Gasteiger partial charge in [0.1, 0.15) is 0 Å². The largest absolute Gasteiger partial charge is 0.492 e. The highest BCUT2D eigenvalue weighted by atomic mass is 16.5. The number of aromatic nitrogens is 1. The van der Waals surface area contributed by atoms with Crippen LogP contribution in [0.4, 0.5) is 0 Å². The first-order chi connectivity index (χ1) is 9.06. The lowest BCUT2D eigenvalue weighted by Gasteiger charge is -2.19. The Morgan fingerprint density at radius 3 is 2.47 bits per heavy atom. The Morgan fingerprint density at radius 2 is 1.89 bits per heavy atom. The van der Waals surface area contributed by atoms with Gasteiger partial charge < -0.3 is 4.74 Å². The van der Waals surface area contributed by atoms with E-state index < -0.39 is 0 Å². The maximum absolute atomic E-state index is 12.3. The van der Waals surface area contributed by atoms with Gasteiger partial charge in [0.15, 0.2) is 11.5 Å². The number of ketones is 2. The van der Waals surface area contributed by atoms with Crippen LogP contribution in [0.5, 0.6) is 0 Å². The number of carbonyl (C=O) groups excluding carboxylic acids is 2. The van der Waals surface area contributed by atoms with Crippen molar-refractivity contribution in [1.29, 1.82) is 0 Å². The Bertz CT molecular complexity index is 597. The van der Waals surface area contributed by atoms with Gasteiger partial charge in [0.2, 0.25) is 5.78 Å². The predicted molar refractivity (Wildman–Crippen MR) is 70.4 cm³/mol. The van der Waals surface area contributed by atoms with Gasteiger partial charge in [-0.05, 0) is 25.5 Å². The average molecular weight is 257 g/mol. The lowest BCUT2D eigenvalue weighted by molar-refractivity contribution is -0.118. The van der Waals surface area contributed by atoms with Crippen LogP contribution < -0.4 is 0 Å². The first kappa shape index (κ1) is 13.2. The molecule has 0 saturated carbocycles. The van der Waals surface area contributed by atoms with E-state index in [4.69, 9.17) is 4.74 Å². The van der Waals surface area contributed by atoms with Gasteiger partial charge in [-0.3, -0.25) is 14.6 Å². The third kappa shape index (κ3) is 2.34. The maximum atomic E-state index is 12.3. The molecule has 1 aliphatic carbocycles. The van der Waals surface area contributed by atoms with Crippen molar-refractivity contribution < 1.29 is 14.3 Å². The van der Waals surface area contributed by atoms with Gasteiger partial charge in [0.25, 0.3) is 0 Å². The minimum Gasteiger partial charge on any atom is -0.492 e. The van der Waals surface area contributed by atoms with Gasteiger partial charge in [-0.1, -0.05) is 6.07 Å². The first-order valence-corrected chi connectivity index (χ1v) is 5.99. The number of carbonyl (C=O) groups is 2. The van der Waals surface area contributed by atoms with Crippen LogP contribution in [-0.4, -0.2) is 23.7 Å². The number of allylic oxidation sites excluding steroid dienone is 3. The highest BCUT2D eigenvalue weighted by Crippen LogP contribution is 2.26. The lowest BCUT2D eigenvalue weighted by atomic mass is 9.86. The number of ether oxygens (including phenoxy) is 1. The Kier molecular flexibility index (Phi) is 3.60. The van der Waals surface area contributed by atoms with Crippen molar-refractivity contribution in [2.45, 2.75) is 20.3 Å². The topological polar surface area (TPSA) is 56.3 Å². The summed E-state index contributed by atoms with van der Waals surface area (Å²) >= 11 is 0. The summed E-state index contributed by atoms with van der Waals surface area (Å²) in [5, 5.41) is 0. The first-order valence-electron chi connectivity index (χ1n) is 5.99. The molecule has 0 atom stereocenters. The number of nitrogens with zero attached hydrogens (tertiary/aromatic N) is 1. The highest BCUT2D eigenvalue weighted by Gasteiger charge is 2.31. The number of hydrogen-bond acceptors (Lipinski definition) is 4. The fourth-order valence-electron chi connectivity index (χ4n) is 2.16. The Hall–Kier alpha value is -2.23. The van der Waals surface area contributed by atoms with Crippen LogP contribution in [0.3, 0.4) is 0 Å². The molecule has 0 bridgehead atoms. The van der Waals surface area contributed by atoms with Crippen molar-refractivity contribution in [2.24, 2.45) is 0 Å². The van der Waals surface area contributed by atoms with Gasteiger partial charge in [0, 0.05) is 35.5 Å². The molecule has 0 radical (unpaired) electrons. The maximum Gasteiger partial charge on any atom is 0.224 e.